The van der Waals surface area contributed by atoms with E-state index in [1.807, 2.05) is 0 Å². The minimum absolute atomic E-state index is 0.0543. The van der Waals surface area contributed by atoms with E-state index in [1.165, 1.54) is 0 Å². The molecule has 126 valence electrons. The van der Waals surface area contributed by atoms with Crippen LogP contribution in [0.2, 0.25) is 0 Å². The molecule has 0 fully saturated rings. The zero-order chi connectivity index (χ0) is 17.1. The van der Waals surface area contributed by atoms with Gasteiger partial charge in [-0.1, -0.05) is 19.3 Å². The van der Waals surface area contributed by atoms with Crippen LogP contribution in [0.4, 0.5) is 0 Å². The Morgan fingerprint density at radius 1 is 0.591 bits per heavy atom. The quantitative estimate of drug-likeness (QED) is 0.375. The molecule has 0 rings (SSSR count). The standard InChI is InChI=1S/C14H22O8/c15-11(16)6-4-2-1-3-5-9(13(19)20)10(14(21)22)7-8-12(17)18/h9-10H,1-8H2,(H,15,16)(H,17,18)(H,19,20)(H,21,22). The number of carbonyl (C=O) groups is 4. The summed E-state index contributed by atoms with van der Waals surface area (Å²) in [7, 11) is 0. The molecule has 0 saturated carbocycles. The minimum atomic E-state index is -1.31. The second-order valence-corrected chi connectivity index (χ2v) is 5.17. The van der Waals surface area contributed by atoms with Gasteiger partial charge in [-0.2, -0.15) is 0 Å². The van der Waals surface area contributed by atoms with Crippen LogP contribution < -0.4 is 0 Å². The van der Waals surface area contributed by atoms with Crippen molar-refractivity contribution in [3.8, 4) is 0 Å². The van der Waals surface area contributed by atoms with Crippen LogP contribution in [-0.2, 0) is 19.2 Å². The van der Waals surface area contributed by atoms with E-state index in [9.17, 15) is 19.2 Å². The Morgan fingerprint density at radius 2 is 1.05 bits per heavy atom. The molecule has 2 unspecified atom stereocenters. The van der Waals surface area contributed by atoms with Gasteiger partial charge >= 0.3 is 23.9 Å². The van der Waals surface area contributed by atoms with Gasteiger partial charge in [0.2, 0.25) is 0 Å². The number of unbranched alkanes of at least 4 members (excludes halogenated alkanes) is 3. The average molecular weight is 318 g/mol. The first-order chi connectivity index (χ1) is 10.3. The zero-order valence-corrected chi connectivity index (χ0v) is 12.2. The van der Waals surface area contributed by atoms with Crippen LogP contribution in [0.3, 0.4) is 0 Å². The van der Waals surface area contributed by atoms with Gasteiger partial charge in [-0.15, -0.1) is 0 Å². The van der Waals surface area contributed by atoms with Gasteiger partial charge in [-0.05, 0) is 19.3 Å². The number of aliphatic carboxylic acids is 4. The molecule has 0 aliphatic heterocycles. The van der Waals surface area contributed by atoms with Gasteiger partial charge in [0.1, 0.15) is 0 Å². The Kier molecular flexibility index (Phi) is 9.56. The van der Waals surface area contributed by atoms with Crippen molar-refractivity contribution in [2.24, 2.45) is 11.8 Å². The first kappa shape index (κ1) is 19.9. The van der Waals surface area contributed by atoms with Gasteiger partial charge in [0.05, 0.1) is 11.8 Å². The Hall–Kier alpha value is -2.12. The highest BCUT2D eigenvalue weighted by Crippen LogP contribution is 2.25. The van der Waals surface area contributed by atoms with Gasteiger partial charge in [0.25, 0.3) is 0 Å². The largest absolute Gasteiger partial charge is 0.481 e. The Morgan fingerprint density at radius 3 is 1.50 bits per heavy atom. The van der Waals surface area contributed by atoms with Crippen molar-refractivity contribution in [1.82, 2.24) is 0 Å². The molecular formula is C14H22O8. The van der Waals surface area contributed by atoms with Crippen LogP contribution in [0.5, 0.6) is 0 Å². The predicted octanol–water partition coefficient (Wildman–Crippen LogP) is 1.68. The molecule has 8 heteroatoms. The van der Waals surface area contributed by atoms with Crippen LogP contribution in [0.1, 0.15) is 51.4 Å². The van der Waals surface area contributed by atoms with Crippen molar-refractivity contribution in [2.45, 2.75) is 51.4 Å². The highest BCUT2D eigenvalue weighted by atomic mass is 16.4. The molecule has 0 aliphatic carbocycles. The fourth-order valence-corrected chi connectivity index (χ4v) is 2.27. The number of rotatable bonds is 13. The van der Waals surface area contributed by atoms with E-state index in [2.05, 4.69) is 0 Å². The fraction of sp³-hybridized carbons (Fsp3) is 0.714. The number of carboxylic acid groups (broad SMARTS) is 4. The smallest absolute Gasteiger partial charge is 0.307 e. The van der Waals surface area contributed by atoms with Crippen molar-refractivity contribution >= 4 is 23.9 Å². The number of hydrogen-bond acceptors (Lipinski definition) is 4. The third kappa shape index (κ3) is 8.93. The summed E-state index contributed by atoms with van der Waals surface area (Å²) in [6, 6.07) is 0. The van der Waals surface area contributed by atoms with Crippen LogP contribution in [0.25, 0.3) is 0 Å². The summed E-state index contributed by atoms with van der Waals surface area (Å²) in [5.74, 6) is -6.96. The Labute approximate surface area is 127 Å². The number of hydrogen-bond donors (Lipinski definition) is 4. The van der Waals surface area contributed by atoms with Crippen molar-refractivity contribution in [3.63, 3.8) is 0 Å². The predicted molar refractivity (Wildman–Crippen MR) is 74.5 cm³/mol. The van der Waals surface area contributed by atoms with Crippen molar-refractivity contribution in [2.75, 3.05) is 0 Å². The first-order valence-electron chi connectivity index (χ1n) is 7.15. The van der Waals surface area contributed by atoms with E-state index < -0.39 is 35.7 Å². The molecule has 0 saturated heterocycles. The van der Waals surface area contributed by atoms with Gasteiger partial charge in [0.15, 0.2) is 0 Å². The second-order valence-electron chi connectivity index (χ2n) is 5.17. The minimum Gasteiger partial charge on any atom is -0.481 e. The molecule has 0 aliphatic rings. The van der Waals surface area contributed by atoms with Crippen molar-refractivity contribution < 1.29 is 39.6 Å². The highest BCUT2D eigenvalue weighted by molar-refractivity contribution is 5.80. The lowest BCUT2D eigenvalue weighted by Crippen LogP contribution is -2.30. The molecule has 8 nitrogen and oxygen atoms in total. The Bertz CT molecular complexity index is 404. The second kappa shape index (κ2) is 10.6. The molecule has 0 aromatic heterocycles. The SMILES string of the molecule is O=C(O)CCCCCCC(C(=O)O)C(CCC(=O)O)C(=O)O. The van der Waals surface area contributed by atoms with E-state index in [0.29, 0.717) is 25.7 Å². The molecule has 4 N–H and O–H groups in total. The summed E-state index contributed by atoms with van der Waals surface area (Å²) >= 11 is 0. The van der Waals surface area contributed by atoms with E-state index in [-0.39, 0.29) is 25.7 Å². The first-order valence-corrected chi connectivity index (χ1v) is 7.15. The van der Waals surface area contributed by atoms with Gasteiger partial charge in [0, 0.05) is 12.8 Å². The molecule has 0 spiro atoms. The summed E-state index contributed by atoms with van der Waals surface area (Å²) in [4.78, 5) is 43.2. The van der Waals surface area contributed by atoms with E-state index in [4.69, 9.17) is 20.4 Å². The fourth-order valence-electron chi connectivity index (χ4n) is 2.27. The summed E-state index contributed by atoms with van der Waals surface area (Å²) < 4.78 is 0. The maximum atomic E-state index is 11.2. The van der Waals surface area contributed by atoms with Crippen LogP contribution in [-0.4, -0.2) is 44.3 Å². The van der Waals surface area contributed by atoms with Gasteiger partial charge < -0.3 is 20.4 Å². The molecule has 0 amide bonds. The van der Waals surface area contributed by atoms with Crippen LogP contribution >= 0.6 is 0 Å². The molecule has 22 heavy (non-hydrogen) atoms. The van der Waals surface area contributed by atoms with E-state index in [1.54, 1.807) is 0 Å². The molecule has 0 radical (unpaired) electrons. The molecule has 0 heterocycles. The van der Waals surface area contributed by atoms with Crippen LogP contribution in [0.15, 0.2) is 0 Å². The lowest BCUT2D eigenvalue weighted by atomic mass is 9.84. The van der Waals surface area contributed by atoms with Crippen molar-refractivity contribution in [3.05, 3.63) is 0 Å². The van der Waals surface area contributed by atoms with Crippen LogP contribution in [0, 0.1) is 11.8 Å². The third-order valence-corrected chi connectivity index (χ3v) is 3.45. The molecule has 2 atom stereocenters. The summed E-state index contributed by atoms with van der Waals surface area (Å²) in [6.07, 6.45) is 1.79. The van der Waals surface area contributed by atoms with Gasteiger partial charge in [-0.3, -0.25) is 19.2 Å². The normalized spacial score (nSPS) is 13.3. The van der Waals surface area contributed by atoms with E-state index >= 15 is 0 Å². The third-order valence-electron chi connectivity index (χ3n) is 3.45. The lowest BCUT2D eigenvalue weighted by Gasteiger charge is -2.19. The van der Waals surface area contributed by atoms with Gasteiger partial charge in [-0.25, -0.2) is 0 Å². The monoisotopic (exact) mass is 318 g/mol. The topological polar surface area (TPSA) is 149 Å². The van der Waals surface area contributed by atoms with E-state index in [0.717, 1.165) is 0 Å². The average Bonchev–Trinajstić information content (AvgIpc) is 2.38. The summed E-state index contributed by atoms with van der Waals surface area (Å²) in [5, 5.41) is 35.3. The molecule has 0 aromatic carbocycles. The maximum Gasteiger partial charge on any atom is 0.307 e. The zero-order valence-electron chi connectivity index (χ0n) is 12.2. The lowest BCUT2D eigenvalue weighted by molar-refractivity contribution is -0.155. The van der Waals surface area contributed by atoms with Crippen molar-refractivity contribution in [1.29, 1.82) is 0 Å². The Balaban J connectivity index is 4.36. The maximum absolute atomic E-state index is 11.2. The number of carboxylic acids is 4. The molecule has 0 aromatic rings. The molecular weight excluding hydrogens is 296 g/mol. The molecule has 0 bridgehead atoms. The highest BCUT2D eigenvalue weighted by Gasteiger charge is 2.33. The summed E-state index contributed by atoms with van der Waals surface area (Å²) in [5.41, 5.74) is 0. The summed E-state index contributed by atoms with van der Waals surface area (Å²) in [6.45, 7) is 0.